The summed E-state index contributed by atoms with van der Waals surface area (Å²) in [6, 6.07) is 7.12. The van der Waals surface area contributed by atoms with Gasteiger partial charge in [0, 0.05) is 6.54 Å². The van der Waals surface area contributed by atoms with E-state index in [1.165, 1.54) is 12.1 Å². The SMILES string of the molecule is CCCCNc1ccc(S(N)(=O)=O)cc1NS(=O)(=O)c1ccccc1C(F)(F)F. The lowest BCUT2D eigenvalue weighted by Gasteiger charge is -2.17. The van der Waals surface area contributed by atoms with Crippen molar-refractivity contribution in [2.75, 3.05) is 16.6 Å². The largest absolute Gasteiger partial charge is 0.417 e. The minimum absolute atomic E-state index is 0.207. The summed E-state index contributed by atoms with van der Waals surface area (Å²) in [6.07, 6.45) is -3.32. The predicted molar refractivity (Wildman–Crippen MR) is 103 cm³/mol. The number of sulfonamides is 2. The first-order chi connectivity index (χ1) is 13.4. The quantitative estimate of drug-likeness (QED) is 0.532. The monoisotopic (exact) mass is 451 g/mol. The molecule has 0 aromatic heterocycles. The zero-order chi connectivity index (χ0) is 21.9. The third kappa shape index (κ3) is 5.84. The zero-order valence-electron chi connectivity index (χ0n) is 15.3. The maximum absolute atomic E-state index is 13.2. The van der Waals surface area contributed by atoms with Gasteiger partial charge in [-0.25, -0.2) is 22.0 Å². The number of anilines is 2. The van der Waals surface area contributed by atoms with Crippen molar-refractivity contribution in [3.8, 4) is 0 Å². The molecule has 0 unspecified atom stereocenters. The first-order valence-corrected chi connectivity index (χ1v) is 11.5. The summed E-state index contributed by atoms with van der Waals surface area (Å²) in [5.41, 5.74) is -1.36. The standard InChI is InChI=1S/C17H20F3N3O4S2/c1-2-3-10-22-14-9-8-12(28(21,24)25)11-15(14)23-29(26,27)16-7-5-4-6-13(16)17(18,19)20/h4-9,11,22-23H,2-3,10H2,1H3,(H2,21,24,25). The Balaban J connectivity index is 2.53. The molecular formula is C17H20F3N3O4S2. The smallest absolute Gasteiger partial charge is 0.383 e. The molecule has 160 valence electrons. The fourth-order valence-electron chi connectivity index (χ4n) is 2.47. The van der Waals surface area contributed by atoms with E-state index in [0.717, 1.165) is 37.1 Å². The highest BCUT2D eigenvalue weighted by atomic mass is 32.2. The van der Waals surface area contributed by atoms with Gasteiger partial charge < -0.3 is 5.32 Å². The van der Waals surface area contributed by atoms with Crippen LogP contribution in [0.5, 0.6) is 0 Å². The van der Waals surface area contributed by atoms with Crippen molar-refractivity contribution in [3.05, 3.63) is 48.0 Å². The topological polar surface area (TPSA) is 118 Å². The molecule has 2 aromatic rings. The molecule has 0 spiro atoms. The number of hydrogen-bond acceptors (Lipinski definition) is 5. The molecular weight excluding hydrogens is 431 g/mol. The molecule has 0 aliphatic rings. The summed E-state index contributed by atoms with van der Waals surface area (Å²) in [5.74, 6) is 0. The Morgan fingerprint density at radius 3 is 2.24 bits per heavy atom. The van der Waals surface area contributed by atoms with Crippen molar-refractivity contribution in [1.29, 1.82) is 0 Å². The highest BCUT2D eigenvalue weighted by Gasteiger charge is 2.37. The van der Waals surface area contributed by atoms with Crippen molar-refractivity contribution in [2.45, 2.75) is 35.7 Å². The lowest BCUT2D eigenvalue weighted by Crippen LogP contribution is -2.20. The van der Waals surface area contributed by atoms with Crippen LogP contribution in [0.4, 0.5) is 24.5 Å². The number of benzene rings is 2. The first-order valence-electron chi connectivity index (χ1n) is 8.46. The van der Waals surface area contributed by atoms with E-state index in [0.29, 0.717) is 12.6 Å². The molecule has 0 amide bonds. The second kappa shape index (κ2) is 8.59. The average Bonchev–Trinajstić information content (AvgIpc) is 2.61. The number of alkyl halides is 3. The molecule has 0 heterocycles. The molecule has 0 bridgehead atoms. The molecule has 4 N–H and O–H groups in total. The molecule has 0 aliphatic heterocycles. The number of primary sulfonamides is 1. The van der Waals surface area contributed by atoms with Gasteiger partial charge in [0.15, 0.2) is 0 Å². The molecule has 0 fully saturated rings. The summed E-state index contributed by atoms with van der Waals surface area (Å²) in [5, 5.41) is 8.01. The Morgan fingerprint density at radius 2 is 1.66 bits per heavy atom. The van der Waals surface area contributed by atoms with E-state index in [1.807, 2.05) is 11.6 Å². The normalized spacial score (nSPS) is 12.6. The maximum atomic E-state index is 13.2. The Morgan fingerprint density at radius 1 is 1.00 bits per heavy atom. The van der Waals surface area contributed by atoms with Crippen LogP contribution in [-0.4, -0.2) is 23.4 Å². The molecule has 2 aromatic carbocycles. The van der Waals surface area contributed by atoms with Crippen molar-refractivity contribution in [1.82, 2.24) is 0 Å². The van der Waals surface area contributed by atoms with Gasteiger partial charge in [0.1, 0.15) is 0 Å². The van der Waals surface area contributed by atoms with Crippen molar-refractivity contribution >= 4 is 31.4 Å². The highest BCUT2D eigenvalue weighted by molar-refractivity contribution is 7.92. The van der Waals surface area contributed by atoms with Gasteiger partial charge in [0.2, 0.25) is 10.0 Å². The van der Waals surface area contributed by atoms with E-state index in [4.69, 9.17) is 5.14 Å². The molecule has 0 saturated carbocycles. The lowest BCUT2D eigenvalue weighted by molar-refractivity contribution is -0.139. The number of nitrogens with two attached hydrogens (primary N) is 1. The van der Waals surface area contributed by atoms with Crippen molar-refractivity contribution in [3.63, 3.8) is 0 Å². The minimum Gasteiger partial charge on any atom is -0.383 e. The van der Waals surface area contributed by atoms with Crippen molar-refractivity contribution < 1.29 is 30.0 Å². The summed E-state index contributed by atoms with van der Waals surface area (Å²) in [6.45, 7) is 2.38. The lowest BCUT2D eigenvalue weighted by atomic mass is 10.2. The van der Waals surface area contributed by atoms with Gasteiger partial charge >= 0.3 is 6.18 Å². The van der Waals surface area contributed by atoms with Crippen LogP contribution in [0.25, 0.3) is 0 Å². The van der Waals surface area contributed by atoms with Crippen LogP contribution in [0, 0.1) is 0 Å². The Bertz CT molecular complexity index is 1090. The molecule has 29 heavy (non-hydrogen) atoms. The van der Waals surface area contributed by atoms with E-state index in [2.05, 4.69) is 5.32 Å². The Labute approximate surface area is 167 Å². The second-order valence-corrected chi connectivity index (χ2v) is 9.34. The highest BCUT2D eigenvalue weighted by Crippen LogP contribution is 2.35. The molecule has 0 atom stereocenters. The van der Waals surface area contributed by atoms with Gasteiger partial charge in [0.05, 0.1) is 26.7 Å². The minimum atomic E-state index is -4.89. The number of halogens is 3. The van der Waals surface area contributed by atoms with E-state index in [9.17, 15) is 30.0 Å². The molecule has 0 saturated heterocycles. The third-order valence-electron chi connectivity index (χ3n) is 3.89. The van der Waals surface area contributed by atoms with Crippen molar-refractivity contribution in [2.24, 2.45) is 5.14 Å². The van der Waals surface area contributed by atoms with E-state index >= 15 is 0 Å². The molecule has 12 heteroatoms. The van der Waals surface area contributed by atoms with Gasteiger partial charge in [-0.05, 0) is 36.8 Å². The van der Waals surface area contributed by atoms with Gasteiger partial charge in [-0.15, -0.1) is 0 Å². The maximum Gasteiger partial charge on any atom is 0.417 e. The summed E-state index contributed by atoms with van der Waals surface area (Å²) in [7, 11) is -8.85. The van der Waals surface area contributed by atoms with Crippen LogP contribution in [0.3, 0.4) is 0 Å². The first kappa shape index (κ1) is 23.0. The van der Waals surface area contributed by atoms with Crippen LogP contribution >= 0.6 is 0 Å². The van der Waals surface area contributed by atoms with Crippen LogP contribution in [0.15, 0.2) is 52.3 Å². The Hall–Kier alpha value is -2.31. The summed E-state index contributed by atoms with van der Waals surface area (Å²) >= 11 is 0. The predicted octanol–water partition coefficient (Wildman–Crippen LogP) is 3.37. The fraction of sp³-hybridized carbons (Fsp3) is 0.294. The molecule has 0 radical (unpaired) electrons. The summed E-state index contributed by atoms with van der Waals surface area (Å²) in [4.78, 5) is -1.37. The molecule has 0 aliphatic carbocycles. The van der Waals surface area contributed by atoms with Gasteiger partial charge in [-0.3, -0.25) is 4.72 Å². The van der Waals surface area contributed by atoms with E-state index in [1.54, 1.807) is 0 Å². The average molecular weight is 451 g/mol. The Kier molecular flexibility index (Phi) is 6.81. The number of unbranched alkanes of at least 4 members (excludes halogenated alkanes) is 1. The van der Waals surface area contributed by atoms with Gasteiger partial charge in [-0.1, -0.05) is 25.5 Å². The number of nitrogens with one attached hydrogen (secondary N) is 2. The van der Waals surface area contributed by atoms with E-state index < -0.39 is 36.7 Å². The fourth-order valence-corrected chi connectivity index (χ4v) is 4.31. The van der Waals surface area contributed by atoms with Gasteiger partial charge in [-0.2, -0.15) is 13.2 Å². The second-order valence-electron chi connectivity index (χ2n) is 6.13. The van der Waals surface area contributed by atoms with Gasteiger partial charge in [0.25, 0.3) is 10.0 Å². The van der Waals surface area contributed by atoms with E-state index in [-0.39, 0.29) is 16.3 Å². The summed E-state index contributed by atoms with van der Waals surface area (Å²) < 4.78 is 90.3. The third-order valence-corrected chi connectivity index (χ3v) is 6.23. The molecule has 2 rings (SSSR count). The van der Waals surface area contributed by atoms with Crippen LogP contribution < -0.4 is 15.2 Å². The van der Waals surface area contributed by atoms with Crippen LogP contribution in [0.2, 0.25) is 0 Å². The number of hydrogen-bond donors (Lipinski definition) is 3. The van der Waals surface area contributed by atoms with Crippen LogP contribution in [0.1, 0.15) is 25.3 Å². The zero-order valence-corrected chi connectivity index (χ0v) is 17.0. The molecule has 7 nitrogen and oxygen atoms in total. The van der Waals surface area contributed by atoms with Crippen LogP contribution in [-0.2, 0) is 26.2 Å². The number of rotatable bonds is 8.